The maximum absolute atomic E-state index is 2.46. The molecule has 0 N–H and O–H groups in total. The van der Waals surface area contributed by atoms with Gasteiger partial charge in [0.15, 0.2) is 0 Å². The summed E-state index contributed by atoms with van der Waals surface area (Å²) in [5.41, 5.74) is 4.74. The normalized spacial score (nSPS) is 17.3. The lowest BCUT2D eigenvalue weighted by molar-refractivity contribution is 0.695. The SMILES string of the molecule is CC(C)c1ccc(C2CCCC2)c(C(C)C)c1. The van der Waals surface area contributed by atoms with Crippen LogP contribution in [0.3, 0.4) is 0 Å². The van der Waals surface area contributed by atoms with Crippen LogP contribution in [0.2, 0.25) is 0 Å². The summed E-state index contributed by atoms with van der Waals surface area (Å²) in [5, 5.41) is 0. The average molecular weight is 230 g/mol. The predicted molar refractivity (Wildman–Crippen MR) is 75.8 cm³/mol. The second-order valence-electron chi connectivity index (χ2n) is 6.18. The highest BCUT2D eigenvalue weighted by atomic mass is 14.3. The lowest BCUT2D eigenvalue weighted by atomic mass is 9.85. The summed E-state index contributed by atoms with van der Waals surface area (Å²) in [6.07, 6.45) is 5.66. The van der Waals surface area contributed by atoms with Crippen molar-refractivity contribution in [2.75, 3.05) is 0 Å². The van der Waals surface area contributed by atoms with Crippen LogP contribution in [0.15, 0.2) is 18.2 Å². The molecule has 0 heteroatoms. The van der Waals surface area contributed by atoms with Crippen molar-refractivity contribution in [3.8, 4) is 0 Å². The van der Waals surface area contributed by atoms with Crippen LogP contribution in [0.4, 0.5) is 0 Å². The minimum atomic E-state index is 0.644. The molecule has 1 aromatic carbocycles. The molecular weight excluding hydrogens is 204 g/mol. The third-order valence-electron chi connectivity index (χ3n) is 4.19. The van der Waals surface area contributed by atoms with Gasteiger partial charge in [-0.2, -0.15) is 0 Å². The lowest BCUT2D eigenvalue weighted by Crippen LogP contribution is -2.03. The van der Waals surface area contributed by atoms with Crippen molar-refractivity contribution >= 4 is 0 Å². The Bertz CT molecular complexity index is 368. The van der Waals surface area contributed by atoms with Crippen molar-refractivity contribution in [3.63, 3.8) is 0 Å². The van der Waals surface area contributed by atoms with Gasteiger partial charge in [0, 0.05) is 0 Å². The monoisotopic (exact) mass is 230 g/mol. The first-order valence-corrected chi connectivity index (χ1v) is 7.23. The van der Waals surface area contributed by atoms with Crippen LogP contribution in [0.1, 0.15) is 87.8 Å². The first-order valence-electron chi connectivity index (χ1n) is 7.23. The van der Waals surface area contributed by atoms with E-state index in [1.54, 1.807) is 11.1 Å². The van der Waals surface area contributed by atoms with Gasteiger partial charge in [-0.05, 0) is 47.3 Å². The van der Waals surface area contributed by atoms with Crippen LogP contribution in [-0.4, -0.2) is 0 Å². The van der Waals surface area contributed by atoms with Crippen LogP contribution >= 0.6 is 0 Å². The first-order chi connectivity index (χ1) is 8.09. The Labute approximate surface area is 106 Å². The third kappa shape index (κ3) is 2.73. The summed E-state index contributed by atoms with van der Waals surface area (Å²) < 4.78 is 0. The number of hydrogen-bond donors (Lipinski definition) is 0. The van der Waals surface area contributed by atoms with Gasteiger partial charge in [0.05, 0.1) is 0 Å². The predicted octanol–water partition coefficient (Wildman–Crippen LogP) is 5.59. The topological polar surface area (TPSA) is 0 Å². The number of rotatable bonds is 3. The van der Waals surface area contributed by atoms with Crippen molar-refractivity contribution in [1.82, 2.24) is 0 Å². The largest absolute Gasteiger partial charge is 0.0587 e. The van der Waals surface area contributed by atoms with Crippen LogP contribution in [0, 0.1) is 0 Å². The molecular formula is C17H26. The van der Waals surface area contributed by atoms with Gasteiger partial charge in [0.2, 0.25) is 0 Å². The molecule has 0 spiro atoms. The average Bonchev–Trinajstić information content (AvgIpc) is 2.81. The third-order valence-corrected chi connectivity index (χ3v) is 4.19. The van der Waals surface area contributed by atoms with Crippen molar-refractivity contribution < 1.29 is 0 Å². The number of benzene rings is 1. The van der Waals surface area contributed by atoms with E-state index in [9.17, 15) is 0 Å². The minimum Gasteiger partial charge on any atom is -0.0587 e. The van der Waals surface area contributed by atoms with E-state index in [4.69, 9.17) is 0 Å². The second-order valence-corrected chi connectivity index (χ2v) is 6.18. The molecule has 0 bridgehead atoms. The van der Waals surface area contributed by atoms with Crippen LogP contribution in [-0.2, 0) is 0 Å². The molecule has 94 valence electrons. The van der Waals surface area contributed by atoms with Crippen molar-refractivity contribution in [1.29, 1.82) is 0 Å². The maximum atomic E-state index is 2.46. The summed E-state index contributed by atoms with van der Waals surface area (Å²) in [4.78, 5) is 0. The van der Waals surface area contributed by atoms with Gasteiger partial charge in [-0.25, -0.2) is 0 Å². The molecule has 0 heterocycles. The Morgan fingerprint density at radius 1 is 0.941 bits per heavy atom. The second kappa shape index (κ2) is 5.25. The van der Waals surface area contributed by atoms with Crippen LogP contribution < -0.4 is 0 Å². The molecule has 1 aromatic rings. The Hall–Kier alpha value is -0.780. The lowest BCUT2D eigenvalue weighted by Gasteiger charge is -2.20. The fourth-order valence-electron chi connectivity index (χ4n) is 3.06. The van der Waals surface area contributed by atoms with Gasteiger partial charge < -0.3 is 0 Å². The van der Waals surface area contributed by atoms with E-state index in [1.165, 1.54) is 31.2 Å². The van der Waals surface area contributed by atoms with Crippen LogP contribution in [0.25, 0.3) is 0 Å². The molecule has 1 aliphatic rings. The van der Waals surface area contributed by atoms with Gasteiger partial charge in [-0.3, -0.25) is 0 Å². The van der Waals surface area contributed by atoms with E-state index in [2.05, 4.69) is 45.9 Å². The molecule has 17 heavy (non-hydrogen) atoms. The minimum absolute atomic E-state index is 0.644. The Kier molecular flexibility index (Phi) is 3.91. The zero-order valence-corrected chi connectivity index (χ0v) is 11.8. The quantitative estimate of drug-likeness (QED) is 0.635. The van der Waals surface area contributed by atoms with E-state index >= 15 is 0 Å². The molecule has 0 atom stereocenters. The maximum Gasteiger partial charge on any atom is -0.0159 e. The molecule has 1 saturated carbocycles. The van der Waals surface area contributed by atoms with Gasteiger partial charge in [-0.1, -0.05) is 58.7 Å². The van der Waals surface area contributed by atoms with Gasteiger partial charge in [0.1, 0.15) is 0 Å². The van der Waals surface area contributed by atoms with E-state index < -0.39 is 0 Å². The summed E-state index contributed by atoms with van der Waals surface area (Å²) in [5.74, 6) is 2.14. The molecule has 2 rings (SSSR count). The Balaban J connectivity index is 2.37. The molecule has 1 fully saturated rings. The van der Waals surface area contributed by atoms with Crippen molar-refractivity contribution in [2.45, 2.75) is 71.1 Å². The van der Waals surface area contributed by atoms with E-state index in [0.29, 0.717) is 11.8 Å². The Morgan fingerprint density at radius 3 is 2.12 bits per heavy atom. The van der Waals surface area contributed by atoms with E-state index in [0.717, 1.165) is 5.92 Å². The fourth-order valence-corrected chi connectivity index (χ4v) is 3.06. The zero-order chi connectivity index (χ0) is 12.4. The summed E-state index contributed by atoms with van der Waals surface area (Å²) >= 11 is 0. The van der Waals surface area contributed by atoms with Gasteiger partial charge in [0.25, 0.3) is 0 Å². The Morgan fingerprint density at radius 2 is 1.59 bits per heavy atom. The van der Waals surface area contributed by atoms with E-state index in [1.807, 2.05) is 0 Å². The molecule has 0 unspecified atom stereocenters. The molecule has 0 aromatic heterocycles. The molecule has 0 aliphatic heterocycles. The van der Waals surface area contributed by atoms with E-state index in [-0.39, 0.29) is 0 Å². The zero-order valence-electron chi connectivity index (χ0n) is 11.8. The standard InChI is InChI=1S/C17H26/c1-12(2)15-9-10-16(14-7-5-6-8-14)17(11-15)13(3)4/h9-14H,5-8H2,1-4H3. The molecule has 0 saturated heterocycles. The smallest absolute Gasteiger partial charge is 0.0159 e. The summed E-state index contributed by atoms with van der Waals surface area (Å²) in [7, 11) is 0. The van der Waals surface area contributed by atoms with Gasteiger partial charge >= 0.3 is 0 Å². The fraction of sp³-hybridized carbons (Fsp3) is 0.647. The summed E-state index contributed by atoms with van der Waals surface area (Å²) in [6, 6.07) is 7.23. The van der Waals surface area contributed by atoms with Crippen LogP contribution in [0.5, 0.6) is 0 Å². The summed E-state index contributed by atoms with van der Waals surface area (Å²) in [6.45, 7) is 9.24. The highest BCUT2D eigenvalue weighted by Crippen LogP contribution is 2.38. The van der Waals surface area contributed by atoms with Crippen molar-refractivity contribution in [2.24, 2.45) is 0 Å². The highest BCUT2D eigenvalue weighted by molar-refractivity contribution is 5.38. The number of hydrogen-bond acceptors (Lipinski definition) is 0. The first kappa shape index (κ1) is 12.7. The molecule has 1 aliphatic carbocycles. The van der Waals surface area contributed by atoms with Gasteiger partial charge in [-0.15, -0.1) is 0 Å². The molecule has 0 amide bonds. The molecule has 0 radical (unpaired) electrons. The molecule has 0 nitrogen and oxygen atoms in total. The highest BCUT2D eigenvalue weighted by Gasteiger charge is 2.21. The van der Waals surface area contributed by atoms with Crippen molar-refractivity contribution in [3.05, 3.63) is 34.9 Å².